The second-order valence-electron chi connectivity index (χ2n) is 7.80. The lowest BCUT2D eigenvalue weighted by molar-refractivity contribution is 0.260. The second-order valence-corrected chi connectivity index (χ2v) is 7.80. The van der Waals surface area contributed by atoms with Crippen molar-refractivity contribution in [1.82, 2.24) is 24.4 Å². The van der Waals surface area contributed by atoms with E-state index in [1.165, 1.54) is 29.6 Å². The van der Waals surface area contributed by atoms with Gasteiger partial charge >= 0.3 is 5.69 Å². The van der Waals surface area contributed by atoms with Gasteiger partial charge in [-0.3, -0.25) is 4.90 Å². The zero-order valence-corrected chi connectivity index (χ0v) is 16.7. The van der Waals surface area contributed by atoms with Crippen molar-refractivity contribution in [1.29, 1.82) is 0 Å². The van der Waals surface area contributed by atoms with E-state index < -0.39 is 0 Å². The number of fused-ring (bicyclic) bond motifs is 3. The minimum Gasteiger partial charge on any atom is -0.311 e. The van der Waals surface area contributed by atoms with Crippen LogP contribution in [0.3, 0.4) is 0 Å². The lowest BCUT2D eigenvalue weighted by atomic mass is 10.0. The summed E-state index contributed by atoms with van der Waals surface area (Å²) in [5.74, 6) is 0. The zero-order valence-electron chi connectivity index (χ0n) is 16.7. The fraction of sp³-hybridized carbons (Fsp3) is 0.524. The van der Waals surface area contributed by atoms with Crippen molar-refractivity contribution in [3.8, 4) is 0 Å². The predicted molar refractivity (Wildman–Crippen MR) is 109 cm³/mol. The Morgan fingerprint density at radius 1 is 1.26 bits per heavy atom. The summed E-state index contributed by atoms with van der Waals surface area (Å²) in [6, 6.07) is 7.06. The first-order valence-electron chi connectivity index (χ1n) is 9.93. The molecule has 3 heterocycles. The van der Waals surface area contributed by atoms with Gasteiger partial charge in [0.2, 0.25) is 0 Å². The van der Waals surface area contributed by atoms with E-state index in [1.54, 1.807) is 11.4 Å². The van der Waals surface area contributed by atoms with Crippen molar-refractivity contribution in [3.05, 3.63) is 45.4 Å². The third-order valence-electron chi connectivity index (χ3n) is 5.88. The van der Waals surface area contributed by atoms with Crippen molar-refractivity contribution in [2.24, 2.45) is 7.05 Å². The van der Waals surface area contributed by atoms with Gasteiger partial charge in [-0.2, -0.15) is 0 Å². The minimum absolute atomic E-state index is 0.0881. The molecule has 0 spiro atoms. The molecule has 4 rings (SSSR count). The fourth-order valence-corrected chi connectivity index (χ4v) is 4.50. The summed E-state index contributed by atoms with van der Waals surface area (Å²) < 4.78 is 3.20. The first-order valence-corrected chi connectivity index (χ1v) is 9.93. The number of nitrogens with one attached hydrogen (secondary N) is 1. The summed E-state index contributed by atoms with van der Waals surface area (Å²) >= 11 is 0. The van der Waals surface area contributed by atoms with Crippen LogP contribution in [0.15, 0.2) is 23.0 Å². The SMILES string of the molecule is CCN1CCC[C@H]1CNCc1cc2c(C)cc(C)cc2n2c(=O)n(C)nc12. The Balaban J connectivity index is 1.71. The monoisotopic (exact) mass is 367 g/mol. The molecule has 6 heteroatoms. The summed E-state index contributed by atoms with van der Waals surface area (Å²) in [5, 5.41) is 9.26. The molecule has 1 atom stereocenters. The number of benzene rings is 1. The van der Waals surface area contributed by atoms with Gasteiger partial charge in [-0.1, -0.05) is 13.0 Å². The van der Waals surface area contributed by atoms with Gasteiger partial charge in [0.1, 0.15) is 0 Å². The van der Waals surface area contributed by atoms with Gasteiger partial charge in [0.15, 0.2) is 5.65 Å². The highest BCUT2D eigenvalue weighted by atomic mass is 16.2. The van der Waals surface area contributed by atoms with Crippen LogP contribution in [0.1, 0.15) is 36.5 Å². The number of aryl methyl sites for hydroxylation is 3. The molecule has 1 aromatic carbocycles. The molecule has 6 nitrogen and oxygen atoms in total. The number of likely N-dealkylation sites (tertiary alicyclic amines) is 1. The molecule has 0 radical (unpaired) electrons. The maximum Gasteiger partial charge on any atom is 0.350 e. The van der Waals surface area contributed by atoms with Gasteiger partial charge < -0.3 is 5.32 Å². The Labute approximate surface area is 159 Å². The number of hydrogen-bond acceptors (Lipinski definition) is 4. The average molecular weight is 367 g/mol. The lowest BCUT2D eigenvalue weighted by Gasteiger charge is -2.23. The van der Waals surface area contributed by atoms with E-state index in [2.05, 4.69) is 54.3 Å². The number of nitrogens with zero attached hydrogens (tertiary/aromatic N) is 4. The molecule has 3 aromatic rings. The molecule has 1 N–H and O–H groups in total. The fourth-order valence-electron chi connectivity index (χ4n) is 4.50. The summed E-state index contributed by atoms with van der Waals surface area (Å²) in [5.41, 5.74) is 5.03. The lowest BCUT2D eigenvalue weighted by Crippen LogP contribution is -2.37. The normalized spacial score (nSPS) is 18.1. The molecule has 0 amide bonds. The maximum absolute atomic E-state index is 12.7. The highest BCUT2D eigenvalue weighted by Crippen LogP contribution is 2.24. The number of hydrogen-bond donors (Lipinski definition) is 1. The van der Waals surface area contributed by atoms with Gasteiger partial charge in [-0.25, -0.2) is 13.9 Å². The van der Waals surface area contributed by atoms with Crippen LogP contribution in [0.4, 0.5) is 0 Å². The molecule has 27 heavy (non-hydrogen) atoms. The van der Waals surface area contributed by atoms with Crippen LogP contribution in [0.5, 0.6) is 0 Å². The van der Waals surface area contributed by atoms with Gasteiger partial charge in [-0.15, -0.1) is 5.10 Å². The second kappa shape index (κ2) is 7.09. The quantitative estimate of drug-likeness (QED) is 0.752. The molecule has 1 aliphatic heterocycles. The van der Waals surface area contributed by atoms with Crippen LogP contribution in [-0.4, -0.2) is 44.8 Å². The summed E-state index contributed by atoms with van der Waals surface area (Å²) in [7, 11) is 1.72. The standard InChI is InChI=1S/C21H29N5O/c1-5-25-8-6-7-17(25)13-22-12-16-11-18-15(3)9-14(2)10-19(18)26-20(16)23-24(4)21(26)27/h9-11,17,22H,5-8,12-13H2,1-4H3/t17-/m0/s1. The Morgan fingerprint density at radius 2 is 2.07 bits per heavy atom. The molecule has 144 valence electrons. The van der Waals surface area contributed by atoms with Crippen LogP contribution in [0.2, 0.25) is 0 Å². The predicted octanol–water partition coefficient (Wildman–Crippen LogP) is 2.38. The van der Waals surface area contributed by atoms with Crippen LogP contribution in [-0.2, 0) is 13.6 Å². The van der Waals surface area contributed by atoms with E-state index in [9.17, 15) is 4.79 Å². The minimum atomic E-state index is -0.0881. The van der Waals surface area contributed by atoms with Crippen LogP contribution < -0.4 is 11.0 Å². The number of aromatic nitrogens is 3. The first kappa shape index (κ1) is 18.2. The van der Waals surface area contributed by atoms with Gasteiger partial charge in [0, 0.05) is 37.1 Å². The average Bonchev–Trinajstić information content (AvgIpc) is 3.20. The van der Waals surface area contributed by atoms with Crippen molar-refractivity contribution in [2.75, 3.05) is 19.6 Å². The van der Waals surface area contributed by atoms with Crippen molar-refractivity contribution < 1.29 is 0 Å². The number of rotatable bonds is 5. The number of likely N-dealkylation sites (N-methyl/N-ethyl adjacent to an activating group) is 1. The molecular formula is C21H29N5O. The zero-order chi connectivity index (χ0) is 19.1. The van der Waals surface area contributed by atoms with Gasteiger partial charge in [0.25, 0.3) is 0 Å². The third-order valence-corrected chi connectivity index (χ3v) is 5.88. The highest BCUT2D eigenvalue weighted by Gasteiger charge is 2.22. The van der Waals surface area contributed by atoms with Crippen molar-refractivity contribution in [2.45, 2.75) is 46.2 Å². The molecule has 2 aromatic heterocycles. The van der Waals surface area contributed by atoms with Crippen LogP contribution in [0.25, 0.3) is 16.6 Å². The molecule has 0 saturated carbocycles. The van der Waals surface area contributed by atoms with Crippen molar-refractivity contribution >= 4 is 16.6 Å². The number of pyridine rings is 1. The van der Waals surface area contributed by atoms with E-state index in [0.29, 0.717) is 6.04 Å². The van der Waals surface area contributed by atoms with Crippen LogP contribution >= 0.6 is 0 Å². The molecule has 0 bridgehead atoms. The van der Waals surface area contributed by atoms with E-state index in [0.717, 1.165) is 47.3 Å². The molecule has 1 saturated heterocycles. The Hall–Kier alpha value is -2.18. The summed E-state index contributed by atoms with van der Waals surface area (Å²) in [6.45, 7) is 10.4. The largest absolute Gasteiger partial charge is 0.350 e. The topological polar surface area (TPSA) is 54.6 Å². The Kier molecular flexibility index (Phi) is 4.78. The van der Waals surface area contributed by atoms with Crippen molar-refractivity contribution in [3.63, 3.8) is 0 Å². The Morgan fingerprint density at radius 3 is 2.85 bits per heavy atom. The Bertz CT molecular complexity index is 1050. The molecule has 0 unspecified atom stereocenters. The van der Waals surface area contributed by atoms with E-state index in [1.807, 2.05) is 0 Å². The smallest absolute Gasteiger partial charge is 0.311 e. The first-order chi connectivity index (χ1) is 13.0. The van der Waals surface area contributed by atoms with Crippen LogP contribution in [0, 0.1) is 13.8 Å². The summed E-state index contributed by atoms with van der Waals surface area (Å²) in [4.78, 5) is 15.3. The van der Waals surface area contributed by atoms with E-state index in [-0.39, 0.29) is 5.69 Å². The van der Waals surface area contributed by atoms with Gasteiger partial charge in [-0.05, 0) is 63.0 Å². The summed E-state index contributed by atoms with van der Waals surface area (Å²) in [6.07, 6.45) is 2.55. The van der Waals surface area contributed by atoms with E-state index in [4.69, 9.17) is 0 Å². The maximum atomic E-state index is 12.7. The van der Waals surface area contributed by atoms with E-state index >= 15 is 0 Å². The molecule has 0 aliphatic carbocycles. The highest BCUT2D eigenvalue weighted by molar-refractivity contribution is 5.87. The van der Waals surface area contributed by atoms with Gasteiger partial charge in [0.05, 0.1) is 5.52 Å². The molecule has 1 fully saturated rings. The molecular weight excluding hydrogens is 338 g/mol. The third kappa shape index (κ3) is 3.17. The molecule has 1 aliphatic rings.